The van der Waals surface area contributed by atoms with E-state index in [2.05, 4.69) is 47.0 Å². The van der Waals surface area contributed by atoms with Crippen molar-refractivity contribution in [2.75, 3.05) is 20.1 Å². The van der Waals surface area contributed by atoms with E-state index >= 15 is 0 Å². The summed E-state index contributed by atoms with van der Waals surface area (Å²) in [6, 6.07) is 25.7. The summed E-state index contributed by atoms with van der Waals surface area (Å²) in [5.74, 6) is 0.460. The molecule has 1 amide bonds. The number of fused-ring (bicyclic) bond motifs is 1. The molecule has 1 saturated carbocycles. The number of pyridine rings is 1. The molecule has 2 aromatic heterocycles. The van der Waals surface area contributed by atoms with Gasteiger partial charge in [0.25, 0.3) is 5.91 Å². The van der Waals surface area contributed by atoms with E-state index in [9.17, 15) is 4.79 Å². The van der Waals surface area contributed by atoms with Crippen molar-refractivity contribution in [3.63, 3.8) is 0 Å². The molecule has 0 spiro atoms. The van der Waals surface area contributed by atoms with E-state index in [4.69, 9.17) is 9.84 Å². The SMILES string of the molecule is C=COc1ccc(C)c(C(=O)NC2(c3cc(-c4ccn(-c5ccccc5)n4)cc4ncccc34)CC2)c1.CN1CCC1.[HH]. The Morgan fingerprint density at radius 2 is 1.83 bits per heavy atom. The van der Waals surface area contributed by atoms with Gasteiger partial charge >= 0.3 is 0 Å². The summed E-state index contributed by atoms with van der Waals surface area (Å²) < 4.78 is 7.27. The summed E-state index contributed by atoms with van der Waals surface area (Å²) in [5.41, 5.74) is 5.77. The summed E-state index contributed by atoms with van der Waals surface area (Å²) in [6.07, 6.45) is 8.24. The molecule has 0 bridgehead atoms. The van der Waals surface area contributed by atoms with Gasteiger partial charge in [-0.2, -0.15) is 5.10 Å². The third-order valence-electron chi connectivity index (χ3n) is 8.00. The van der Waals surface area contributed by atoms with Crippen LogP contribution in [0.5, 0.6) is 5.75 Å². The van der Waals surface area contributed by atoms with Crippen LogP contribution >= 0.6 is 0 Å². The van der Waals surface area contributed by atoms with Crippen LogP contribution in [0.15, 0.2) is 104 Å². The lowest BCUT2D eigenvalue weighted by Gasteiger charge is -2.24. The molecule has 1 aliphatic heterocycles. The van der Waals surface area contributed by atoms with E-state index in [1.807, 2.05) is 72.4 Å². The van der Waals surface area contributed by atoms with Crippen molar-refractivity contribution in [1.29, 1.82) is 0 Å². The Bertz CT molecular complexity index is 1740. The molecular formula is C35H37N5O2. The normalized spacial score (nSPS) is 15.2. The number of nitrogens with one attached hydrogen (secondary N) is 1. The number of aryl methyl sites for hydroxylation is 1. The van der Waals surface area contributed by atoms with Gasteiger partial charge in [-0.15, -0.1) is 0 Å². The molecule has 2 fully saturated rings. The van der Waals surface area contributed by atoms with Crippen LogP contribution in [0.4, 0.5) is 0 Å². The molecule has 7 heteroatoms. The molecule has 7 nitrogen and oxygen atoms in total. The number of hydrogen-bond donors (Lipinski definition) is 1. The zero-order valence-corrected chi connectivity index (χ0v) is 24.1. The maximum absolute atomic E-state index is 13.5. The van der Waals surface area contributed by atoms with Crippen molar-refractivity contribution < 1.29 is 11.0 Å². The maximum atomic E-state index is 13.5. The molecule has 1 saturated heterocycles. The molecule has 1 N–H and O–H groups in total. The second-order valence-electron chi connectivity index (χ2n) is 11.0. The fraction of sp³-hybridized carbons (Fsp3) is 0.229. The molecule has 3 heterocycles. The van der Waals surface area contributed by atoms with Crippen LogP contribution < -0.4 is 10.1 Å². The standard InChI is InChI=1S/C31H26N4O2.C4H9N.H2/c1-3-37-24-12-11-21(2)26(20-24)30(36)33-31(14-15-31)27-18-22(19-29-25(27)10-7-16-32-29)28-13-17-35(34-28)23-8-5-4-6-9-23;1-5-3-2-4-5;/h3-13,16-20H,1,14-15H2,2H3,(H,33,36);2-4H2,1H3;1H. The van der Waals surface area contributed by atoms with E-state index in [1.54, 1.807) is 12.3 Å². The smallest absolute Gasteiger partial charge is 0.252 e. The maximum Gasteiger partial charge on any atom is 0.252 e. The summed E-state index contributed by atoms with van der Waals surface area (Å²) >= 11 is 0. The van der Waals surface area contributed by atoms with Crippen LogP contribution in [0.3, 0.4) is 0 Å². The largest absolute Gasteiger partial charge is 0.466 e. The van der Waals surface area contributed by atoms with Crippen molar-refractivity contribution in [3.8, 4) is 22.7 Å². The Hall–Kier alpha value is -4.75. The van der Waals surface area contributed by atoms with E-state index in [0.717, 1.165) is 51.8 Å². The average molecular weight is 560 g/mol. The fourth-order valence-electron chi connectivity index (χ4n) is 5.29. The highest BCUT2D eigenvalue weighted by atomic mass is 16.5. The topological polar surface area (TPSA) is 72.3 Å². The molecule has 214 valence electrons. The number of ether oxygens (including phenoxy) is 1. The summed E-state index contributed by atoms with van der Waals surface area (Å²) in [5, 5.41) is 9.20. The van der Waals surface area contributed by atoms with Crippen LogP contribution in [0.1, 0.15) is 42.2 Å². The molecular weight excluding hydrogens is 522 g/mol. The van der Waals surface area contributed by atoms with Gasteiger partial charge in [-0.1, -0.05) is 36.9 Å². The van der Waals surface area contributed by atoms with E-state index < -0.39 is 5.54 Å². The van der Waals surface area contributed by atoms with Gasteiger partial charge in [-0.3, -0.25) is 9.78 Å². The van der Waals surface area contributed by atoms with E-state index in [1.165, 1.54) is 25.8 Å². The second-order valence-corrected chi connectivity index (χ2v) is 11.0. The number of hydrogen-bond acceptors (Lipinski definition) is 5. The lowest BCUT2D eigenvalue weighted by Crippen LogP contribution is -2.35. The first-order valence-electron chi connectivity index (χ1n) is 14.4. The van der Waals surface area contributed by atoms with E-state index in [-0.39, 0.29) is 7.33 Å². The first-order chi connectivity index (χ1) is 20.5. The van der Waals surface area contributed by atoms with Gasteiger partial charge in [0.1, 0.15) is 5.75 Å². The fourth-order valence-corrected chi connectivity index (χ4v) is 5.29. The van der Waals surface area contributed by atoms with Crippen LogP contribution in [-0.4, -0.2) is 45.7 Å². The predicted octanol–water partition coefficient (Wildman–Crippen LogP) is 6.91. The quantitative estimate of drug-likeness (QED) is 0.220. The van der Waals surface area contributed by atoms with Crippen LogP contribution in [0, 0.1) is 6.92 Å². The van der Waals surface area contributed by atoms with Crippen molar-refractivity contribution in [2.45, 2.75) is 31.7 Å². The monoisotopic (exact) mass is 559 g/mol. The van der Waals surface area contributed by atoms with E-state index in [0.29, 0.717) is 11.3 Å². The van der Waals surface area contributed by atoms with Crippen molar-refractivity contribution >= 4 is 16.8 Å². The Kier molecular flexibility index (Phi) is 7.59. The Morgan fingerprint density at radius 1 is 1.05 bits per heavy atom. The minimum Gasteiger partial charge on any atom is -0.466 e. The Balaban J connectivity index is 0.000000559. The molecule has 7 rings (SSSR count). The van der Waals surface area contributed by atoms with Gasteiger partial charge < -0.3 is 15.0 Å². The Labute approximate surface area is 247 Å². The molecule has 42 heavy (non-hydrogen) atoms. The zero-order valence-electron chi connectivity index (χ0n) is 24.1. The number of aromatic nitrogens is 3. The number of para-hydroxylation sites is 1. The van der Waals surface area contributed by atoms with Gasteiger partial charge in [0.15, 0.2) is 0 Å². The molecule has 5 aromatic rings. The summed E-state index contributed by atoms with van der Waals surface area (Å²) in [7, 11) is 2.14. The number of carbonyl (C=O) groups excluding carboxylic acids is 1. The lowest BCUT2D eigenvalue weighted by molar-refractivity contribution is 0.0930. The minimum atomic E-state index is -0.460. The molecule has 3 aromatic carbocycles. The molecule has 2 aliphatic rings. The highest BCUT2D eigenvalue weighted by Crippen LogP contribution is 2.49. The highest BCUT2D eigenvalue weighted by Gasteiger charge is 2.47. The van der Waals surface area contributed by atoms with Crippen LogP contribution in [0.25, 0.3) is 27.8 Å². The Morgan fingerprint density at radius 3 is 2.52 bits per heavy atom. The first-order valence-corrected chi connectivity index (χ1v) is 14.4. The van der Waals surface area contributed by atoms with Crippen molar-refractivity contribution in [1.82, 2.24) is 25.0 Å². The summed E-state index contributed by atoms with van der Waals surface area (Å²) in [4.78, 5) is 20.4. The first kappa shape index (κ1) is 27.4. The zero-order chi connectivity index (χ0) is 29.1. The third-order valence-corrected chi connectivity index (χ3v) is 8.00. The number of rotatable bonds is 7. The van der Waals surface area contributed by atoms with Crippen molar-refractivity contribution in [2.24, 2.45) is 0 Å². The number of amides is 1. The highest BCUT2D eigenvalue weighted by molar-refractivity contribution is 5.98. The molecule has 0 atom stereocenters. The number of nitrogens with zero attached hydrogens (tertiary/aromatic N) is 4. The molecule has 1 aliphatic carbocycles. The van der Waals surface area contributed by atoms with Gasteiger partial charge in [-0.05, 0) is 106 Å². The van der Waals surface area contributed by atoms with Gasteiger partial charge in [0.05, 0.1) is 28.7 Å². The average Bonchev–Trinajstić information content (AvgIpc) is 3.60. The molecule has 0 radical (unpaired) electrons. The third kappa shape index (κ3) is 5.69. The van der Waals surface area contributed by atoms with Crippen LogP contribution in [0.2, 0.25) is 0 Å². The number of carbonyl (C=O) groups is 1. The lowest BCUT2D eigenvalue weighted by atomic mass is 9.95. The second kappa shape index (κ2) is 11.6. The van der Waals surface area contributed by atoms with Gasteiger partial charge in [-0.25, -0.2) is 4.68 Å². The number of likely N-dealkylation sites (tertiary alicyclic amines) is 1. The molecule has 0 unspecified atom stereocenters. The minimum absolute atomic E-state index is 0. The van der Waals surface area contributed by atoms with Crippen LogP contribution in [-0.2, 0) is 5.54 Å². The number of benzene rings is 3. The van der Waals surface area contributed by atoms with Gasteiger partial charge in [0, 0.05) is 30.3 Å². The van der Waals surface area contributed by atoms with Gasteiger partial charge in [0.2, 0.25) is 0 Å². The van der Waals surface area contributed by atoms with Crippen molar-refractivity contribution in [3.05, 3.63) is 121 Å². The summed E-state index contributed by atoms with van der Waals surface area (Å²) in [6.45, 7) is 8.17. The predicted molar refractivity (Wildman–Crippen MR) is 169 cm³/mol.